The van der Waals surface area contributed by atoms with Crippen LogP contribution in [-0.4, -0.2) is 10.9 Å². The minimum absolute atomic E-state index is 0.128. The van der Waals surface area contributed by atoms with E-state index in [1.165, 1.54) is 36.3 Å². The molecule has 1 aliphatic carbocycles. The SMILES string of the molecule is Cc1nc(CC2CC2)sc1C(=O)NCc1cccc(F)c1. The molecule has 1 aromatic carbocycles. The number of rotatable bonds is 5. The Morgan fingerprint density at radius 2 is 2.29 bits per heavy atom. The fourth-order valence-corrected chi connectivity index (χ4v) is 3.32. The molecule has 0 bridgehead atoms. The topological polar surface area (TPSA) is 42.0 Å². The molecule has 1 aliphatic rings. The number of hydrogen-bond acceptors (Lipinski definition) is 3. The number of aryl methyl sites for hydroxylation is 1. The Balaban J connectivity index is 1.63. The molecule has 21 heavy (non-hydrogen) atoms. The van der Waals surface area contributed by atoms with Crippen molar-refractivity contribution in [1.82, 2.24) is 10.3 Å². The number of thiazole rings is 1. The third-order valence-electron chi connectivity index (χ3n) is 3.55. The van der Waals surface area contributed by atoms with Crippen molar-refractivity contribution in [2.45, 2.75) is 32.7 Å². The van der Waals surface area contributed by atoms with Gasteiger partial charge >= 0.3 is 0 Å². The molecule has 0 radical (unpaired) electrons. The number of benzene rings is 1. The normalized spacial score (nSPS) is 14.2. The molecule has 5 heteroatoms. The highest BCUT2D eigenvalue weighted by atomic mass is 32.1. The van der Waals surface area contributed by atoms with E-state index in [1.54, 1.807) is 12.1 Å². The summed E-state index contributed by atoms with van der Waals surface area (Å²) < 4.78 is 13.1. The van der Waals surface area contributed by atoms with Crippen LogP contribution in [0.5, 0.6) is 0 Å². The number of carbonyl (C=O) groups is 1. The molecule has 3 rings (SSSR count). The number of amides is 1. The second-order valence-electron chi connectivity index (χ2n) is 5.48. The highest BCUT2D eigenvalue weighted by molar-refractivity contribution is 7.13. The zero-order chi connectivity index (χ0) is 14.8. The maximum absolute atomic E-state index is 13.1. The van der Waals surface area contributed by atoms with E-state index >= 15 is 0 Å². The Bertz CT molecular complexity index is 664. The maximum atomic E-state index is 13.1. The van der Waals surface area contributed by atoms with Gasteiger partial charge in [0.05, 0.1) is 10.7 Å². The molecule has 0 unspecified atom stereocenters. The Morgan fingerprint density at radius 3 is 3.00 bits per heavy atom. The summed E-state index contributed by atoms with van der Waals surface area (Å²) in [6.07, 6.45) is 3.54. The van der Waals surface area contributed by atoms with Gasteiger partial charge in [0.25, 0.3) is 5.91 Å². The lowest BCUT2D eigenvalue weighted by atomic mass is 10.2. The van der Waals surface area contributed by atoms with Crippen LogP contribution in [0.2, 0.25) is 0 Å². The van der Waals surface area contributed by atoms with Gasteiger partial charge in [-0.05, 0) is 43.4 Å². The van der Waals surface area contributed by atoms with Gasteiger partial charge in [-0.2, -0.15) is 0 Å². The summed E-state index contributed by atoms with van der Waals surface area (Å²) in [6, 6.07) is 6.26. The summed E-state index contributed by atoms with van der Waals surface area (Å²) in [6.45, 7) is 2.19. The second-order valence-corrected chi connectivity index (χ2v) is 6.57. The fraction of sp³-hybridized carbons (Fsp3) is 0.375. The van der Waals surface area contributed by atoms with Crippen LogP contribution in [0, 0.1) is 18.7 Å². The first kappa shape index (κ1) is 14.2. The average molecular weight is 304 g/mol. The van der Waals surface area contributed by atoms with Gasteiger partial charge in [0.15, 0.2) is 0 Å². The van der Waals surface area contributed by atoms with E-state index in [0.29, 0.717) is 11.4 Å². The van der Waals surface area contributed by atoms with E-state index in [0.717, 1.165) is 28.6 Å². The number of carbonyl (C=O) groups excluding carboxylic acids is 1. The monoisotopic (exact) mass is 304 g/mol. The van der Waals surface area contributed by atoms with Gasteiger partial charge < -0.3 is 5.32 Å². The molecule has 0 aliphatic heterocycles. The molecule has 1 amide bonds. The molecule has 2 aromatic rings. The fourth-order valence-electron chi connectivity index (χ4n) is 2.23. The van der Waals surface area contributed by atoms with Crippen LogP contribution in [0.3, 0.4) is 0 Å². The predicted molar refractivity (Wildman–Crippen MR) is 80.8 cm³/mol. The van der Waals surface area contributed by atoms with Crippen LogP contribution in [0.4, 0.5) is 4.39 Å². The van der Waals surface area contributed by atoms with Crippen molar-refractivity contribution in [2.75, 3.05) is 0 Å². The van der Waals surface area contributed by atoms with Crippen molar-refractivity contribution < 1.29 is 9.18 Å². The van der Waals surface area contributed by atoms with Crippen LogP contribution >= 0.6 is 11.3 Å². The molecular weight excluding hydrogens is 287 g/mol. The summed E-state index contributed by atoms with van der Waals surface area (Å²) in [5.41, 5.74) is 1.54. The lowest BCUT2D eigenvalue weighted by Crippen LogP contribution is -2.22. The summed E-state index contributed by atoms with van der Waals surface area (Å²) in [5.74, 6) is 0.345. The highest BCUT2D eigenvalue weighted by Crippen LogP contribution is 2.34. The molecule has 1 aromatic heterocycles. The molecule has 3 nitrogen and oxygen atoms in total. The highest BCUT2D eigenvalue weighted by Gasteiger charge is 2.24. The van der Waals surface area contributed by atoms with Crippen LogP contribution < -0.4 is 5.32 Å². The number of nitrogens with one attached hydrogen (secondary N) is 1. The van der Waals surface area contributed by atoms with E-state index < -0.39 is 0 Å². The molecule has 0 spiro atoms. The molecule has 0 atom stereocenters. The standard InChI is InChI=1S/C16H17FN2OS/c1-10-15(21-14(19-10)8-11-5-6-11)16(20)18-9-12-3-2-4-13(17)7-12/h2-4,7,11H,5-6,8-9H2,1H3,(H,18,20). The van der Waals surface area contributed by atoms with E-state index in [-0.39, 0.29) is 11.7 Å². The number of nitrogens with zero attached hydrogens (tertiary/aromatic N) is 1. The predicted octanol–water partition coefficient (Wildman–Crippen LogP) is 3.47. The number of aromatic nitrogens is 1. The van der Waals surface area contributed by atoms with Gasteiger partial charge in [-0.15, -0.1) is 11.3 Å². The van der Waals surface area contributed by atoms with Crippen molar-refractivity contribution in [3.63, 3.8) is 0 Å². The van der Waals surface area contributed by atoms with Crippen molar-refractivity contribution in [3.05, 3.63) is 51.2 Å². The van der Waals surface area contributed by atoms with Crippen molar-refractivity contribution >= 4 is 17.2 Å². The van der Waals surface area contributed by atoms with E-state index in [4.69, 9.17) is 0 Å². The first-order chi connectivity index (χ1) is 10.1. The smallest absolute Gasteiger partial charge is 0.263 e. The third kappa shape index (κ3) is 3.67. The lowest BCUT2D eigenvalue weighted by Gasteiger charge is -2.04. The van der Waals surface area contributed by atoms with Crippen molar-refractivity contribution in [3.8, 4) is 0 Å². The van der Waals surface area contributed by atoms with Gasteiger partial charge in [-0.3, -0.25) is 4.79 Å². The lowest BCUT2D eigenvalue weighted by molar-refractivity contribution is 0.0954. The summed E-state index contributed by atoms with van der Waals surface area (Å²) >= 11 is 1.48. The average Bonchev–Trinajstić information content (AvgIpc) is 3.18. The molecule has 110 valence electrons. The van der Waals surface area contributed by atoms with Crippen LogP contribution in [0.15, 0.2) is 24.3 Å². The quantitative estimate of drug-likeness (QED) is 0.919. The van der Waals surface area contributed by atoms with E-state index in [9.17, 15) is 9.18 Å². The van der Waals surface area contributed by atoms with E-state index in [1.807, 2.05) is 6.92 Å². The summed E-state index contributed by atoms with van der Waals surface area (Å²) in [7, 11) is 0. The first-order valence-electron chi connectivity index (χ1n) is 7.11. The maximum Gasteiger partial charge on any atom is 0.263 e. The largest absolute Gasteiger partial charge is 0.347 e. The van der Waals surface area contributed by atoms with Gasteiger partial charge in [-0.1, -0.05) is 12.1 Å². The Hall–Kier alpha value is -1.75. The minimum atomic E-state index is -0.289. The van der Waals surface area contributed by atoms with Crippen molar-refractivity contribution in [1.29, 1.82) is 0 Å². The summed E-state index contributed by atoms with van der Waals surface area (Å²) in [4.78, 5) is 17.4. The van der Waals surface area contributed by atoms with Crippen LogP contribution in [0.1, 0.15) is 38.8 Å². The second kappa shape index (κ2) is 5.93. The van der Waals surface area contributed by atoms with E-state index in [2.05, 4.69) is 10.3 Å². The molecule has 1 fully saturated rings. The number of hydrogen-bond donors (Lipinski definition) is 1. The molecule has 1 saturated carbocycles. The first-order valence-corrected chi connectivity index (χ1v) is 7.92. The Morgan fingerprint density at radius 1 is 1.48 bits per heavy atom. The molecular formula is C16H17FN2OS. The number of halogens is 1. The van der Waals surface area contributed by atoms with Crippen LogP contribution in [-0.2, 0) is 13.0 Å². The van der Waals surface area contributed by atoms with Gasteiger partial charge in [0, 0.05) is 13.0 Å². The molecule has 1 N–H and O–H groups in total. The molecule has 0 saturated heterocycles. The zero-order valence-electron chi connectivity index (χ0n) is 11.9. The third-order valence-corrected chi connectivity index (χ3v) is 4.73. The van der Waals surface area contributed by atoms with Gasteiger partial charge in [0.2, 0.25) is 0 Å². The summed E-state index contributed by atoms with van der Waals surface area (Å²) in [5, 5.41) is 3.88. The van der Waals surface area contributed by atoms with Gasteiger partial charge in [0.1, 0.15) is 10.7 Å². The van der Waals surface area contributed by atoms with Gasteiger partial charge in [-0.25, -0.2) is 9.37 Å². The minimum Gasteiger partial charge on any atom is -0.347 e. The Labute approximate surface area is 127 Å². The van der Waals surface area contributed by atoms with Crippen LogP contribution in [0.25, 0.3) is 0 Å². The zero-order valence-corrected chi connectivity index (χ0v) is 12.7. The van der Waals surface area contributed by atoms with Crippen molar-refractivity contribution in [2.24, 2.45) is 5.92 Å². The Kier molecular flexibility index (Phi) is 4.01. The molecule has 1 heterocycles.